The van der Waals surface area contributed by atoms with Gasteiger partial charge in [0, 0.05) is 0 Å². The van der Waals surface area contributed by atoms with Gasteiger partial charge in [0.15, 0.2) is 0 Å². The zero-order chi connectivity index (χ0) is 11.5. The molecule has 0 saturated heterocycles. The summed E-state index contributed by atoms with van der Waals surface area (Å²) in [6.07, 6.45) is 2.47. The number of nitrogens with zero attached hydrogens (tertiary/aromatic N) is 2. The summed E-state index contributed by atoms with van der Waals surface area (Å²) < 4.78 is 0. The third-order valence-electron chi connectivity index (χ3n) is 2.76. The SMILES string of the molecule is Cc1ccc(C)c(CC(N)c2cn[nH]n2)c1. The van der Waals surface area contributed by atoms with Gasteiger partial charge in [-0.3, -0.25) is 0 Å². The predicted molar refractivity (Wildman–Crippen MR) is 62.9 cm³/mol. The van der Waals surface area contributed by atoms with Crippen LogP contribution in [0, 0.1) is 13.8 Å². The van der Waals surface area contributed by atoms with Gasteiger partial charge in [-0.2, -0.15) is 15.4 Å². The van der Waals surface area contributed by atoms with E-state index in [1.165, 1.54) is 16.7 Å². The highest BCUT2D eigenvalue weighted by molar-refractivity contribution is 5.31. The molecule has 0 spiro atoms. The summed E-state index contributed by atoms with van der Waals surface area (Å²) in [5.74, 6) is 0. The minimum Gasteiger partial charge on any atom is -0.322 e. The van der Waals surface area contributed by atoms with Crippen molar-refractivity contribution >= 4 is 0 Å². The Balaban J connectivity index is 2.17. The van der Waals surface area contributed by atoms with Crippen molar-refractivity contribution in [3.63, 3.8) is 0 Å². The van der Waals surface area contributed by atoms with Gasteiger partial charge in [-0.1, -0.05) is 23.8 Å². The summed E-state index contributed by atoms with van der Waals surface area (Å²) in [5.41, 5.74) is 10.7. The summed E-state index contributed by atoms with van der Waals surface area (Å²) >= 11 is 0. The number of aryl methyl sites for hydroxylation is 2. The van der Waals surface area contributed by atoms with Gasteiger partial charge in [0.1, 0.15) is 0 Å². The molecule has 0 saturated carbocycles. The van der Waals surface area contributed by atoms with Gasteiger partial charge < -0.3 is 5.73 Å². The highest BCUT2D eigenvalue weighted by Gasteiger charge is 2.11. The van der Waals surface area contributed by atoms with Crippen molar-refractivity contribution in [3.8, 4) is 0 Å². The first kappa shape index (κ1) is 10.8. The van der Waals surface area contributed by atoms with Crippen LogP contribution in [0.5, 0.6) is 0 Å². The topological polar surface area (TPSA) is 67.6 Å². The monoisotopic (exact) mass is 216 g/mol. The lowest BCUT2D eigenvalue weighted by Crippen LogP contribution is -2.14. The Bertz CT molecular complexity index is 462. The van der Waals surface area contributed by atoms with Crippen LogP contribution < -0.4 is 5.73 Å². The molecule has 1 aromatic carbocycles. The number of nitrogens with two attached hydrogens (primary N) is 1. The van der Waals surface area contributed by atoms with Gasteiger partial charge in [0.2, 0.25) is 0 Å². The highest BCUT2D eigenvalue weighted by atomic mass is 15.3. The first-order valence-corrected chi connectivity index (χ1v) is 5.34. The number of nitrogens with one attached hydrogen (secondary N) is 1. The number of benzene rings is 1. The lowest BCUT2D eigenvalue weighted by Gasteiger charge is -2.11. The van der Waals surface area contributed by atoms with Crippen LogP contribution in [0.4, 0.5) is 0 Å². The van der Waals surface area contributed by atoms with Gasteiger partial charge in [0.25, 0.3) is 0 Å². The second-order valence-electron chi connectivity index (χ2n) is 4.14. The number of hydrogen-bond acceptors (Lipinski definition) is 3. The summed E-state index contributed by atoms with van der Waals surface area (Å²) in [7, 11) is 0. The van der Waals surface area contributed by atoms with E-state index in [-0.39, 0.29) is 6.04 Å². The van der Waals surface area contributed by atoms with Crippen LogP contribution in [0.2, 0.25) is 0 Å². The molecule has 1 heterocycles. The maximum Gasteiger partial charge on any atom is 0.0995 e. The number of H-pyrrole nitrogens is 1. The van der Waals surface area contributed by atoms with Crippen molar-refractivity contribution in [2.45, 2.75) is 26.3 Å². The highest BCUT2D eigenvalue weighted by Crippen LogP contribution is 2.17. The number of aromatic nitrogens is 3. The van der Waals surface area contributed by atoms with E-state index in [0.717, 1.165) is 12.1 Å². The fourth-order valence-electron chi connectivity index (χ4n) is 1.75. The van der Waals surface area contributed by atoms with Crippen LogP contribution in [0.15, 0.2) is 24.4 Å². The Morgan fingerprint density at radius 1 is 1.38 bits per heavy atom. The van der Waals surface area contributed by atoms with Crippen molar-refractivity contribution in [2.24, 2.45) is 5.73 Å². The lowest BCUT2D eigenvalue weighted by atomic mass is 9.98. The zero-order valence-corrected chi connectivity index (χ0v) is 9.57. The Labute approximate surface area is 94.9 Å². The Hall–Kier alpha value is -1.68. The molecule has 1 unspecified atom stereocenters. The molecule has 4 nitrogen and oxygen atoms in total. The quantitative estimate of drug-likeness (QED) is 0.820. The summed E-state index contributed by atoms with van der Waals surface area (Å²) in [6.45, 7) is 4.19. The van der Waals surface area contributed by atoms with E-state index >= 15 is 0 Å². The van der Waals surface area contributed by atoms with E-state index in [1.54, 1.807) is 6.20 Å². The fourth-order valence-corrected chi connectivity index (χ4v) is 1.75. The fraction of sp³-hybridized carbons (Fsp3) is 0.333. The average Bonchev–Trinajstić information content (AvgIpc) is 2.76. The molecule has 84 valence electrons. The smallest absolute Gasteiger partial charge is 0.0995 e. The molecule has 4 heteroatoms. The molecule has 0 amide bonds. The molecule has 2 rings (SSSR count). The standard InChI is InChI=1S/C12H16N4/c1-8-3-4-9(2)10(5-8)6-11(13)12-7-14-16-15-12/h3-5,7,11H,6,13H2,1-2H3,(H,14,15,16). The molecule has 0 aliphatic rings. The average molecular weight is 216 g/mol. The molecule has 1 atom stereocenters. The van der Waals surface area contributed by atoms with Crippen molar-refractivity contribution < 1.29 is 0 Å². The molecule has 2 aromatic rings. The number of aromatic amines is 1. The van der Waals surface area contributed by atoms with Crippen LogP contribution >= 0.6 is 0 Å². The summed E-state index contributed by atoms with van der Waals surface area (Å²) in [5, 5.41) is 10.4. The second-order valence-corrected chi connectivity index (χ2v) is 4.14. The van der Waals surface area contributed by atoms with Crippen molar-refractivity contribution in [3.05, 3.63) is 46.8 Å². The molecule has 0 aliphatic heterocycles. The maximum absolute atomic E-state index is 6.07. The van der Waals surface area contributed by atoms with E-state index in [4.69, 9.17) is 5.73 Å². The van der Waals surface area contributed by atoms with Crippen LogP contribution in [0.25, 0.3) is 0 Å². The van der Waals surface area contributed by atoms with E-state index in [9.17, 15) is 0 Å². The molecule has 16 heavy (non-hydrogen) atoms. The molecule has 3 N–H and O–H groups in total. The van der Waals surface area contributed by atoms with E-state index < -0.39 is 0 Å². The van der Waals surface area contributed by atoms with Crippen molar-refractivity contribution in [2.75, 3.05) is 0 Å². The van der Waals surface area contributed by atoms with Crippen LogP contribution in [0.1, 0.15) is 28.4 Å². The third kappa shape index (κ3) is 2.28. The van der Waals surface area contributed by atoms with Crippen LogP contribution in [0.3, 0.4) is 0 Å². The largest absolute Gasteiger partial charge is 0.322 e. The molecule has 0 bridgehead atoms. The molecular weight excluding hydrogens is 200 g/mol. The Kier molecular flexibility index (Phi) is 3.01. The first-order valence-electron chi connectivity index (χ1n) is 5.34. The minimum atomic E-state index is -0.0979. The second kappa shape index (κ2) is 4.45. The molecule has 0 fully saturated rings. The maximum atomic E-state index is 6.07. The van der Waals surface area contributed by atoms with Crippen molar-refractivity contribution in [1.29, 1.82) is 0 Å². The van der Waals surface area contributed by atoms with Crippen molar-refractivity contribution in [1.82, 2.24) is 15.4 Å². The van der Waals surface area contributed by atoms with Gasteiger partial charge in [-0.05, 0) is 31.4 Å². The molecule has 0 radical (unpaired) electrons. The third-order valence-corrected chi connectivity index (χ3v) is 2.76. The first-order chi connectivity index (χ1) is 7.66. The zero-order valence-electron chi connectivity index (χ0n) is 9.57. The Morgan fingerprint density at radius 2 is 2.19 bits per heavy atom. The Morgan fingerprint density at radius 3 is 2.88 bits per heavy atom. The summed E-state index contributed by atoms with van der Waals surface area (Å²) in [4.78, 5) is 0. The number of rotatable bonds is 3. The van der Waals surface area contributed by atoms with E-state index in [2.05, 4.69) is 47.5 Å². The molecular formula is C12H16N4. The van der Waals surface area contributed by atoms with Gasteiger partial charge in [-0.25, -0.2) is 0 Å². The predicted octanol–water partition coefficient (Wildman–Crippen LogP) is 1.66. The van der Waals surface area contributed by atoms with Crippen LogP contribution in [-0.4, -0.2) is 15.4 Å². The number of hydrogen-bond donors (Lipinski definition) is 2. The van der Waals surface area contributed by atoms with Gasteiger partial charge in [-0.15, -0.1) is 0 Å². The van der Waals surface area contributed by atoms with E-state index in [1.807, 2.05) is 0 Å². The lowest BCUT2D eigenvalue weighted by molar-refractivity contribution is 0.688. The molecule has 0 aliphatic carbocycles. The summed E-state index contributed by atoms with van der Waals surface area (Å²) in [6, 6.07) is 6.31. The molecule has 1 aromatic heterocycles. The minimum absolute atomic E-state index is 0.0979. The van der Waals surface area contributed by atoms with Crippen LogP contribution in [-0.2, 0) is 6.42 Å². The van der Waals surface area contributed by atoms with E-state index in [0.29, 0.717) is 0 Å². The normalized spacial score (nSPS) is 12.7. The van der Waals surface area contributed by atoms with Gasteiger partial charge >= 0.3 is 0 Å². The van der Waals surface area contributed by atoms with Gasteiger partial charge in [0.05, 0.1) is 17.9 Å².